The minimum absolute atomic E-state index is 0.0304. The van der Waals surface area contributed by atoms with Crippen molar-refractivity contribution in [2.45, 2.75) is 38.0 Å². The quantitative estimate of drug-likeness (QED) is 0.505. The van der Waals surface area contributed by atoms with E-state index < -0.39 is 35.0 Å². The number of rotatable bonds is 1. The maximum atomic E-state index is 12.9. The molecule has 2 fully saturated rings. The van der Waals surface area contributed by atoms with Gasteiger partial charge in [0.1, 0.15) is 0 Å². The lowest BCUT2D eigenvalue weighted by Gasteiger charge is -2.29. The number of likely N-dealkylation sites (tertiary alicyclic amines) is 1. The van der Waals surface area contributed by atoms with Crippen molar-refractivity contribution in [3.63, 3.8) is 0 Å². The predicted molar refractivity (Wildman–Crippen MR) is 77.8 cm³/mol. The fraction of sp³-hybridized carbons (Fsp3) is 0.471. The van der Waals surface area contributed by atoms with Crippen LogP contribution in [0.5, 0.6) is 0 Å². The second-order valence-corrected chi connectivity index (χ2v) is 6.29. The van der Waals surface area contributed by atoms with Gasteiger partial charge in [-0.05, 0) is 43.9 Å². The van der Waals surface area contributed by atoms with Crippen LogP contribution in [-0.2, 0) is 12.4 Å². The zero-order valence-electron chi connectivity index (χ0n) is 13.1. The first-order valence-electron chi connectivity index (χ1n) is 7.84. The molecule has 0 N–H and O–H groups in total. The fourth-order valence-corrected chi connectivity index (χ4v) is 3.01. The minimum atomic E-state index is -4.96. The Morgan fingerprint density at radius 2 is 1.20 bits per heavy atom. The summed E-state index contributed by atoms with van der Waals surface area (Å²) >= 11 is 0. The molecule has 2 nitrogen and oxygen atoms in total. The predicted octanol–water partition coefficient (Wildman–Crippen LogP) is 5.05. The molecule has 0 radical (unpaired) electrons. The van der Waals surface area contributed by atoms with Crippen molar-refractivity contribution in [1.29, 1.82) is 0 Å². The summed E-state index contributed by atoms with van der Waals surface area (Å²) in [5.74, 6) is -0.795. The summed E-state index contributed by atoms with van der Waals surface area (Å²) in [6.07, 6.45) is -6.56. The van der Waals surface area contributed by atoms with Gasteiger partial charge >= 0.3 is 12.4 Å². The molecule has 25 heavy (non-hydrogen) atoms. The molecule has 0 atom stereocenters. The average Bonchev–Trinajstić information content (AvgIpc) is 3.37. The van der Waals surface area contributed by atoms with Crippen molar-refractivity contribution >= 4 is 5.91 Å². The van der Waals surface area contributed by atoms with E-state index in [1.54, 1.807) is 0 Å². The second kappa shape index (κ2) is 6.07. The Morgan fingerprint density at radius 1 is 0.760 bits per heavy atom. The van der Waals surface area contributed by atoms with Crippen LogP contribution >= 0.6 is 0 Å². The number of hydrogen-bond donors (Lipinski definition) is 0. The summed E-state index contributed by atoms with van der Waals surface area (Å²) in [7, 11) is 0. The molecule has 1 aromatic rings. The van der Waals surface area contributed by atoms with Gasteiger partial charge in [-0.15, -0.1) is 0 Å². The Hall–Kier alpha value is -1.99. The molecule has 1 aliphatic heterocycles. The summed E-state index contributed by atoms with van der Waals surface area (Å²) < 4.78 is 77.3. The zero-order valence-corrected chi connectivity index (χ0v) is 13.1. The van der Waals surface area contributed by atoms with E-state index in [1.165, 1.54) is 16.0 Å². The summed E-state index contributed by atoms with van der Waals surface area (Å²) in [5, 5.41) is 0. The Kier molecular flexibility index (Phi) is 4.33. The van der Waals surface area contributed by atoms with Gasteiger partial charge in [0.05, 0.1) is 11.1 Å². The molecule has 8 heteroatoms. The number of alkyl halides is 6. The third-order valence-electron chi connectivity index (χ3n) is 4.49. The number of carbonyl (C=O) groups excluding carboxylic acids is 1. The average molecular weight is 363 g/mol. The van der Waals surface area contributed by atoms with Crippen LogP contribution in [0.1, 0.15) is 47.2 Å². The van der Waals surface area contributed by atoms with E-state index in [-0.39, 0.29) is 6.07 Å². The van der Waals surface area contributed by atoms with Gasteiger partial charge in [0.15, 0.2) is 0 Å². The van der Waals surface area contributed by atoms with Gasteiger partial charge in [-0.2, -0.15) is 26.3 Å². The lowest BCUT2D eigenvalue weighted by atomic mass is 10.00. The highest BCUT2D eigenvalue weighted by Crippen LogP contribution is 2.38. The molecule has 1 saturated heterocycles. The second-order valence-electron chi connectivity index (χ2n) is 6.29. The third kappa shape index (κ3) is 3.99. The summed E-state index contributed by atoms with van der Waals surface area (Å²) in [4.78, 5) is 13.7. The van der Waals surface area contributed by atoms with Crippen molar-refractivity contribution in [3.05, 3.63) is 46.0 Å². The van der Waals surface area contributed by atoms with E-state index in [2.05, 4.69) is 0 Å². The fourth-order valence-electron chi connectivity index (χ4n) is 3.01. The van der Waals surface area contributed by atoms with Crippen molar-refractivity contribution in [2.24, 2.45) is 0 Å². The van der Waals surface area contributed by atoms with E-state index in [9.17, 15) is 31.1 Å². The highest BCUT2D eigenvalue weighted by molar-refractivity contribution is 5.94. The maximum absolute atomic E-state index is 12.9. The van der Waals surface area contributed by atoms with E-state index in [4.69, 9.17) is 0 Å². The van der Waals surface area contributed by atoms with Crippen LogP contribution in [0.2, 0.25) is 0 Å². The Bertz CT molecular complexity index is 683. The molecule has 1 aliphatic carbocycles. The first-order valence-corrected chi connectivity index (χ1v) is 7.84. The molecule has 0 aromatic heterocycles. The number of nitrogens with zero attached hydrogens (tertiary/aromatic N) is 1. The van der Waals surface area contributed by atoms with Gasteiger partial charge in [-0.1, -0.05) is 11.1 Å². The first-order chi connectivity index (χ1) is 11.6. The lowest BCUT2D eigenvalue weighted by Crippen LogP contribution is -2.36. The topological polar surface area (TPSA) is 20.3 Å². The van der Waals surface area contributed by atoms with Gasteiger partial charge in [0.25, 0.3) is 5.91 Å². The molecular weight excluding hydrogens is 348 g/mol. The summed E-state index contributed by atoms with van der Waals surface area (Å²) in [6.45, 7) is 0.629. The lowest BCUT2D eigenvalue weighted by molar-refractivity contribution is -0.143. The van der Waals surface area contributed by atoms with E-state index in [0.717, 1.165) is 12.8 Å². The van der Waals surface area contributed by atoms with Crippen LogP contribution in [-0.4, -0.2) is 23.9 Å². The maximum Gasteiger partial charge on any atom is 0.416 e. The number of piperidine rings is 1. The Morgan fingerprint density at radius 3 is 1.60 bits per heavy atom. The standard InChI is InChI=1S/C17H15F6NO/c18-16(19,20)13-7-12(8-14(9-13)17(21,22)23)15(25)24-5-3-11(4-6-24)10-1-2-10/h7-9H,1-6H2. The van der Waals surface area contributed by atoms with Crippen molar-refractivity contribution in [1.82, 2.24) is 4.90 Å². The van der Waals surface area contributed by atoms with E-state index in [0.29, 0.717) is 38.1 Å². The smallest absolute Gasteiger partial charge is 0.338 e. The zero-order chi connectivity index (χ0) is 18.4. The molecule has 1 saturated carbocycles. The molecule has 0 spiro atoms. The monoisotopic (exact) mass is 363 g/mol. The summed E-state index contributed by atoms with van der Waals surface area (Å²) in [6, 6.07) is 1.02. The molecule has 3 rings (SSSR count). The Labute approximate surface area is 140 Å². The van der Waals surface area contributed by atoms with Crippen molar-refractivity contribution < 1.29 is 31.1 Å². The van der Waals surface area contributed by atoms with Crippen LogP contribution in [0, 0.1) is 0 Å². The van der Waals surface area contributed by atoms with Crippen LogP contribution in [0.25, 0.3) is 0 Å². The van der Waals surface area contributed by atoms with Gasteiger partial charge in [0, 0.05) is 18.7 Å². The normalized spacial score (nSPS) is 18.6. The molecule has 2 aliphatic rings. The first kappa shape index (κ1) is 17.8. The van der Waals surface area contributed by atoms with Crippen molar-refractivity contribution in [2.75, 3.05) is 13.1 Å². The van der Waals surface area contributed by atoms with E-state index in [1.807, 2.05) is 0 Å². The number of halogens is 6. The van der Waals surface area contributed by atoms with Gasteiger partial charge in [-0.25, -0.2) is 0 Å². The number of benzene rings is 1. The molecule has 1 aromatic carbocycles. The third-order valence-corrected chi connectivity index (χ3v) is 4.49. The molecule has 1 heterocycles. The van der Waals surface area contributed by atoms with Gasteiger partial charge < -0.3 is 4.90 Å². The number of amides is 1. The van der Waals surface area contributed by atoms with Crippen molar-refractivity contribution in [3.8, 4) is 0 Å². The van der Waals surface area contributed by atoms with Crippen LogP contribution in [0.4, 0.5) is 26.3 Å². The SMILES string of the molecule is O=C(c1cc(C(F)(F)F)cc(C(F)(F)F)c1)N1CCC(=C2CC2)CC1. The van der Waals surface area contributed by atoms with Crippen LogP contribution in [0.15, 0.2) is 29.3 Å². The highest BCUT2D eigenvalue weighted by atomic mass is 19.4. The molecule has 0 bridgehead atoms. The molecule has 0 unspecified atom stereocenters. The van der Waals surface area contributed by atoms with Crippen LogP contribution < -0.4 is 0 Å². The number of allylic oxidation sites excluding steroid dienone is 1. The number of hydrogen-bond acceptors (Lipinski definition) is 1. The molecule has 136 valence electrons. The van der Waals surface area contributed by atoms with E-state index >= 15 is 0 Å². The van der Waals surface area contributed by atoms with Gasteiger partial charge in [-0.3, -0.25) is 4.79 Å². The van der Waals surface area contributed by atoms with Crippen LogP contribution in [0.3, 0.4) is 0 Å². The number of carbonyl (C=O) groups is 1. The largest absolute Gasteiger partial charge is 0.416 e. The summed E-state index contributed by atoms with van der Waals surface area (Å²) in [5.41, 5.74) is -0.883. The molecular formula is C17H15F6NO. The highest BCUT2D eigenvalue weighted by Gasteiger charge is 2.38. The minimum Gasteiger partial charge on any atom is -0.338 e. The van der Waals surface area contributed by atoms with Gasteiger partial charge in [0.2, 0.25) is 0 Å². The Balaban J connectivity index is 1.87. The molecule has 1 amide bonds.